The number of esters is 1. The number of carbonyl (C=O) groups excluding carboxylic acids is 1. The summed E-state index contributed by atoms with van der Waals surface area (Å²) in [5.74, 6) is -0.627. The van der Waals surface area contributed by atoms with E-state index in [4.69, 9.17) is 15.5 Å². The number of nitrogens with one attached hydrogen (secondary N) is 1. The topological polar surface area (TPSA) is 101 Å². The van der Waals surface area contributed by atoms with E-state index >= 15 is 0 Å². The third kappa shape index (κ3) is 3.69. The first-order chi connectivity index (χ1) is 18.5. The Balaban J connectivity index is 0.00000129. The SMILES string of the molecule is C=C1C2=C(C=C3c4nc5cc6c(cc5c(CNc5ccccc5N)c4CN13)CCC6)C(O)C(=O)OC2.CC. The molecule has 4 N–H and O–H groups in total. The van der Waals surface area contributed by atoms with E-state index in [1.165, 1.54) is 23.1 Å². The van der Waals surface area contributed by atoms with Crippen LogP contribution in [-0.4, -0.2) is 33.7 Å². The summed E-state index contributed by atoms with van der Waals surface area (Å²) in [4.78, 5) is 19.3. The number of cyclic esters (lactones) is 1. The molecule has 0 amide bonds. The number of nitrogen functional groups attached to an aromatic ring is 1. The summed E-state index contributed by atoms with van der Waals surface area (Å²) in [5.41, 5.74) is 17.7. The molecule has 0 saturated heterocycles. The van der Waals surface area contributed by atoms with Gasteiger partial charge in [0.2, 0.25) is 0 Å². The van der Waals surface area contributed by atoms with Gasteiger partial charge in [-0.15, -0.1) is 0 Å². The maximum atomic E-state index is 12.1. The third-order valence-electron chi connectivity index (χ3n) is 7.88. The Kier molecular flexibility index (Phi) is 5.95. The second kappa shape index (κ2) is 9.33. The number of hydrogen-bond donors (Lipinski definition) is 3. The van der Waals surface area contributed by atoms with Gasteiger partial charge in [0.15, 0.2) is 6.10 Å². The van der Waals surface area contributed by atoms with E-state index in [1.54, 1.807) is 0 Å². The Hall–Kier alpha value is -4.10. The van der Waals surface area contributed by atoms with Gasteiger partial charge in [0.25, 0.3) is 0 Å². The zero-order valence-corrected chi connectivity index (χ0v) is 21.8. The lowest BCUT2D eigenvalue weighted by Gasteiger charge is -2.33. The molecule has 1 unspecified atom stereocenters. The molecule has 194 valence electrons. The van der Waals surface area contributed by atoms with E-state index in [0.717, 1.165) is 57.7 Å². The van der Waals surface area contributed by atoms with E-state index in [-0.39, 0.29) is 6.61 Å². The van der Waals surface area contributed by atoms with Crippen molar-refractivity contribution in [3.05, 3.63) is 93.8 Å². The number of aromatic nitrogens is 1. The molecule has 2 aromatic carbocycles. The van der Waals surface area contributed by atoms with Crippen molar-refractivity contribution in [1.82, 2.24) is 9.88 Å². The highest BCUT2D eigenvalue weighted by Gasteiger charge is 2.40. The minimum atomic E-state index is -1.31. The number of carbonyl (C=O) groups is 1. The van der Waals surface area contributed by atoms with E-state index < -0.39 is 12.1 Å². The number of benzene rings is 2. The number of aryl methyl sites for hydroxylation is 2. The molecule has 1 aromatic heterocycles. The van der Waals surface area contributed by atoms with E-state index in [2.05, 4.69) is 28.9 Å². The van der Waals surface area contributed by atoms with Crippen LogP contribution in [0.2, 0.25) is 0 Å². The molecule has 0 spiro atoms. The molecule has 38 heavy (non-hydrogen) atoms. The zero-order valence-electron chi connectivity index (χ0n) is 21.8. The average molecular weight is 509 g/mol. The number of para-hydroxylation sites is 2. The molecule has 7 heteroatoms. The van der Waals surface area contributed by atoms with Crippen LogP contribution in [0.1, 0.15) is 48.2 Å². The van der Waals surface area contributed by atoms with Crippen molar-refractivity contribution in [1.29, 1.82) is 0 Å². The molecule has 7 nitrogen and oxygen atoms in total. The Morgan fingerprint density at radius 2 is 1.97 bits per heavy atom. The molecule has 4 heterocycles. The van der Waals surface area contributed by atoms with Crippen molar-refractivity contribution in [2.45, 2.75) is 52.3 Å². The van der Waals surface area contributed by atoms with Gasteiger partial charge in [-0.1, -0.05) is 32.6 Å². The Morgan fingerprint density at radius 3 is 2.76 bits per heavy atom. The summed E-state index contributed by atoms with van der Waals surface area (Å²) in [5, 5.41) is 15.2. The predicted molar refractivity (Wildman–Crippen MR) is 150 cm³/mol. The van der Waals surface area contributed by atoms with Gasteiger partial charge in [-0.2, -0.15) is 0 Å². The van der Waals surface area contributed by atoms with Crippen molar-refractivity contribution < 1.29 is 14.6 Å². The number of hydrogen-bond acceptors (Lipinski definition) is 7. The van der Waals surface area contributed by atoms with Crippen LogP contribution in [0.4, 0.5) is 11.4 Å². The smallest absolute Gasteiger partial charge is 0.340 e. The number of pyridine rings is 1. The average Bonchev–Trinajstić information content (AvgIpc) is 3.54. The summed E-state index contributed by atoms with van der Waals surface area (Å²) in [6.07, 6.45) is 3.92. The van der Waals surface area contributed by atoms with Crippen molar-refractivity contribution in [3.8, 4) is 0 Å². The van der Waals surface area contributed by atoms with Crippen LogP contribution >= 0.6 is 0 Å². The predicted octanol–water partition coefficient (Wildman–Crippen LogP) is 4.84. The summed E-state index contributed by atoms with van der Waals surface area (Å²) in [6.45, 7) is 9.63. The van der Waals surface area contributed by atoms with Gasteiger partial charge in [-0.3, -0.25) is 0 Å². The number of nitrogens with two attached hydrogens (primary N) is 1. The molecule has 0 saturated carbocycles. The van der Waals surface area contributed by atoms with E-state index in [1.807, 2.05) is 44.2 Å². The van der Waals surface area contributed by atoms with Gasteiger partial charge in [0.05, 0.1) is 34.8 Å². The molecule has 0 bridgehead atoms. The number of fused-ring (bicyclic) bond motifs is 5. The third-order valence-corrected chi connectivity index (χ3v) is 7.88. The van der Waals surface area contributed by atoms with Gasteiger partial charge in [0, 0.05) is 34.3 Å². The lowest BCUT2D eigenvalue weighted by atomic mass is 9.93. The molecular formula is C31H32N4O3. The lowest BCUT2D eigenvalue weighted by Crippen LogP contribution is -2.36. The number of aliphatic hydroxyl groups is 1. The van der Waals surface area contributed by atoms with Gasteiger partial charge >= 0.3 is 5.97 Å². The number of nitrogens with zero attached hydrogens (tertiary/aromatic N) is 2. The van der Waals surface area contributed by atoms with Crippen LogP contribution in [0.5, 0.6) is 0 Å². The maximum Gasteiger partial charge on any atom is 0.340 e. The fraction of sp³-hybridized carbons (Fsp3) is 0.290. The largest absolute Gasteiger partial charge is 0.459 e. The van der Waals surface area contributed by atoms with Crippen LogP contribution in [0.25, 0.3) is 16.6 Å². The van der Waals surface area contributed by atoms with Gasteiger partial charge in [-0.05, 0) is 66.3 Å². The monoisotopic (exact) mass is 508 g/mol. The Labute approximate surface area is 222 Å². The van der Waals surface area contributed by atoms with Gasteiger partial charge in [-0.25, -0.2) is 9.78 Å². The van der Waals surface area contributed by atoms with Crippen LogP contribution < -0.4 is 11.1 Å². The molecule has 4 aliphatic rings. The molecular weight excluding hydrogens is 476 g/mol. The molecule has 7 rings (SSSR count). The summed E-state index contributed by atoms with van der Waals surface area (Å²) in [6, 6.07) is 12.3. The quantitative estimate of drug-likeness (QED) is 0.344. The highest BCUT2D eigenvalue weighted by molar-refractivity contribution is 5.92. The Bertz CT molecular complexity index is 1570. The second-order valence-corrected chi connectivity index (χ2v) is 9.86. The first kappa shape index (κ1) is 24.2. The fourth-order valence-corrected chi connectivity index (χ4v) is 5.95. The number of ether oxygens (including phenoxy) is 1. The van der Waals surface area contributed by atoms with Crippen molar-refractivity contribution in [3.63, 3.8) is 0 Å². The van der Waals surface area contributed by atoms with Crippen LogP contribution in [-0.2, 0) is 35.5 Å². The normalized spacial score (nSPS) is 19.2. The van der Waals surface area contributed by atoms with Gasteiger partial charge in [0.1, 0.15) is 6.61 Å². The fourth-order valence-electron chi connectivity index (χ4n) is 5.95. The minimum absolute atomic E-state index is 0.116. The van der Waals surface area contributed by atoms with Gasteiger partial charge < -0.3 is 25.8 Å². The van der Waals surface area contributed by atoms with Crippen LogP contribution in [0.3, 0.4) is 0 Å². The standard InChI is InChI=1S/C29H26N4O3.C2H6/c1-15-22-14-36-29(35)28(34)19(22)11-26-27-21(13-33(15)26)20(12-31-24-8-3-2-7-23(24)30)18-9-16-5-4-6-17(16)10-25(18)32-27;1-2/h2-3,7-11,28,31,34H,1,4-6,12-14,30H2;1-2H3. The Morgan fingerprint density at radius 1 is 1.21 bits per heavy atom. The van der Waals surface area contributed by atoms with E-state index in [0.29, 0.717) is 24.4 Å². The molecule has 1 aliphatic carbocycles. The van der Waals surface area contributed by atoms with Crippen molar-refractivity contribution in [2.24, 2.45) is 0 Å². The second-order valence-electron chi connectivity index (χ2n) is 9.86. The van der Waals surface area contributed by atoms with Crippen molar-refractivity contribution in [2.75, 3.05) is 17.7 Å². The number of anilines is 2. The highest BCUT2D eigenvalue weighted by Crippen LogP contribution is 2.45. The van der Waals surface area contributed by atoms with Crippen molar-refractivity contribution >= 4 is 33.9 Å². The van der Waals surface area contributed by atoms with Crippen LogP contribution in [0, 0.1) is 0 Å². The van der Waals surface area contributed by atoms with Crippen LogP contribution in [0.15, 0.2) is 65.9 Å². The first-order valence-corrected chi connectivity index (χ1v) is 13.3. The minimum Gasteiger partial charge on any atom is -0.459 e. The molecule has 0 fully saturated rings. The highest BCUT2D eigenvalue weighted by atomic mass is 16.5. The maximum absolute atomic E-state index is 12.1. The molecule has 3 aromatic rings. The molecule has 3 aliphatic heterocycles. The lowest BCUT2D eigenvalue weighted by molar-refractivity contribution is -0.151. The summed E-state index contributed by atoms with van der Waals surface area (Å²) in [7, 11) is 0. The number of rotatable bonds is 3. The summed E-state index contributed by atoms with van der Waals surface area (Å²) < 4.78 is 5.19. The van der Waals surface area contributed by atoms with E-state index in [9.17, 15) is 9.90 Å². The molecule has 0 radical (unpaired) electrons. The number of aliphatic hydroxyl groups excluding tert-OH is 1. The first-order valence-electron chi connectivity index (χ1n) is 13.3. The zero-order chi connectivity index (χ0) is 26.6. The molecule has 1 atom stereocenters. The summed E-state index contributed by atoms with van der Waals surface area (Å²) >= 11 is 0.